The van der Waals surface area contributed by atoms with Gasteiger partial charge in [0.2, 0.25) is 5.91 Å². The van der Waals surface area contributed by atoms with E-state index in [0.29, 0.717) is 16.6 Å². The summed E-state index contributed by atoms with van der Waals surface area (Å²) in [5, 5.41) is 10.8. The number of carbonyl (C=O) groups excluding carboxylic acids is 1. The van der Waals surface area contributed by atoms with Crippen LogP contribution in [0.25, 0.3) is 0 Å². The summed E-state index contributed by atoms with van der Waals surface area (Å²) in [7, 11) is 0. The van der Waals surface area contributed by atoms with Gasteiger partial charge in [0, 0.05) is 24.8 Å². The van der Waals surface area contributed by atoms with E-state index in [4.69, 9.17) is 23.2 Å². The zero-order valence-corrected chi connectivity index (χ0v) is 12.5. The van der Waals surface area contributed by atoms with Crippen LogP contribution in [0.15, 0.2) is 24.4 Å². The van der Waals surface area contributed by atoms with E-state index in [2.05, 4.69) is 20.4 Å². The van der Waals surface area contributed by atoms with Gasteiger partial charge in [-0.1, -0.05) is 23.2 Å². The van der Waals surface area contributed by atoms with E-state index in [1.807, 2.05) is 12.1 Å². The molecule has 1 spiro atoms. The predicted molar refractivity (Wildman–Crippen MR) is 82.2 cm³/mol. The van der Waals surface area contributed by atoms with Gasteiger partial charge < -0.3 is 10.2 Å². The number of aromatic nitrogens is 2. The van der Waals surface area contributed by atoms with Crippen LogP contribution < -0.4 is 10.2 Å². The summed E-state index contributed by atoms with van der Waals surface area (Å²) in [6.07, 6.45) is 2.45. The number of benzene rings is 1. The standard InChI is InChI=1S/C14H12Cl2N4O/c15-9-5-8-11(6-10(9)16)18-13(21)14(8)2-4-20(7-14)12-1-3-17-19-12/h1,3,5-6H,2,4,7H2,(H,17,19)(H,18,21)/t14-/m1/s1. The number of nitrogens with zero attached hydrogens (tertiary/aromatic N) is 2. The Bertz CT molecular complexity index is 731. The van der Waals surface area contributed by atoms with Crippen molar-refractivity contribution in [1.82, 2.24) is 10.2 Å². The van der Waals surface area contributed by atoms with Crippen LogP contribution in [0, 0.1) is 0 Å². The molecular formula is C14H12Cl2N4O. The smallest absolute Gasteiger partial charge is 0.236 e. The molecule has 2 aliphatic rings. The molecule has 0 saturated carbocycles. The third kappa shape index (κ3) is 1.77. The Balaban J connectivity index is 1.77. The van der Waals surface area contributed by atoms with Crippen LogP contribution in [0.4, 0.5) is 11.5 Å². The maximum Gasteiger partial charge on any atom is 0.236 e. The molecule has 0 aliphatic carbocycles. The molecule has 7 heteroatoms. The monoisotopic (exact) mass is 322 g/mol. The van der Waals surface area contributed by atoms with Crippen LogP contribution in [0.3, 0.4) is 0 Å². The summed E-state index contributed by atoms with van der Waals surface area (Å²) in [4.78, 5) is 14.7. The summed E-state index contributed by atoms with van der Waals surface area (Å²) in [6.45, 7) is 1.39. The van der Waals surface area contributed by atoms with Crippen LogP contribution in [0.5, 0.6) is 0 Å². The molecule has 21 heavy (non-hydrogen) atoms. The molecule has 2 N–H and O–H groups in total. The Kier molecular flexibility index (Phi) is 2.71. The molecule has 108 valence electrons. The second-order valence-electron chi connectivity index (χ2n) is 5.46. The van der Waals surface area contributed by atoms with E-state index in [1.165, 1.54) is 0 Å². The number of hydrogen-bond acceptors (Lipinski definition) is 3. The number of rotatable bonds is 1. The van der Waals surface area contributed by atoms with Crippen molar-refractivity contribution >= 4 is 40.6 Å². The van der Waals surface area contributed by atoms with Gasteiger partial charge in [-0.3, -0.25) is 9.89 Å². The molecule has 4 rings (SSSR count). The molecule has 1 aromatic carbocycles. The minimum Gasteiger partial charge on any atom is -0.356 e. The number of carbonyl (C=O) groups is 1. The molecule has 1 atom stereocenters. The average Bonchev–Trinajstić information content (AvgIpc) is 3.15. The number of anilines is 2. The summed E-state index contributed by atoms with van der Waals surface area (Å²) < 4.78 is 0. The third-order valence-electron chi connectivity index (χ3n) is 4.35. The van der Waals surface area contributed by atoms with E-state index >= 15 is 0 Å². The number of nitrogens with one attached hydrogen (secondary N) is 2. The lowest BCUT2D eigenvalue weighted by molar-refractivity contribution is -0.120. The van der Waals surface area contributed by atoms with E-state index < -0.39 is 5.41 Å². The molecule has 5 nitrogen and oxygen atoms in total. The zero-order chi connectivity index (χ0) is 14.6. The van der Waals surface area contributed by atoms with Crippen molar-refractivity contribution in [2.75, 3.05) is 23.3 Å². The van der Waals surface area contributed by atoms with Crippen LogP contribution in [0.1, 0.15) is 12.0 Å². The first-order valence-corrected chi connectivity index (χ1v) is 7.41. The van der Waals surface area contributed by atoms with Crippen molar-refractivity contribution in [2.24, 2.45) is 0 Å². The van der Waals surface area contributed by atoms with Crippen molar-refractivity contribution in [3.05, 3.63) is 40.0 Å². The molecule has 0 unspecified atom stereocenters. The first kappa shape index (κ1) is 13.0. The largest absolute Gasteiger partial charge is 0.356 e. The molecule has 2 aliphatic heterocycles. The van der Waals surface area contributed by atoms with E-state index in [-0.39, 0.29) is 5.91 Å². The normalized spacial score (nSPS) is 23.7. The van der Waals surface area contributed by atoms with Gasteiger partial charge in [0.1, 0.15) is 5.82 Å². The lowest BCUT2D eigenvalue weighted by Gasteiger charge is -2.22. The Labute approximate surface area is 131 Å². The van der Waals surface area contributed by atoms with Crippen LogP contribution in [0.2, 0.25) is 10.0 Å². The minimum absolute atomic E-state index is 0.0119. The van der Waals surface area contributed by atoms with Gasteiger partial charge in [-0.05, 0) is 24.1 Å². The van der Waals surface area contributed by atoms with Crippen LogP contribution in [-0.4, -0.2) is 29.2 Å². The number of amides is 1. The topological polar surface area (TPSA) is 61.0 Å². The summed E-state index contributed by atoms with van der Waals surface area (Å²) in [5.74, 6) is 0.936. The first-order valence-electron chi connectivity index (χ1n) is 6.65. The molecule has 1 amide bonds. The SMILES string of the molecule is O=C1Nc2cc(Cl)c(Cl)cc2[C@]12CCN(c1ccn[nH]1)C2. The van der Waals surface area contributed by atoms with Gasteiger partial charge >= 0.3 is 0 Å². The zero-order valence-electron chi connectivity index (χ0n) is 11.0. The fraction of sp³-hybridized carbons (Fsp3) is 0.286. The molecular weight excluding hydrogens is 311 g/mol. The highest BCUT2D eigenvalue weighted by atomic mass is 35.5. The highest BCUT2D eigenvalue weighted by Gasteiger charge is 2.51. The Morgan fingerprint density at radius 2 is 2.10 bits per heavy atom. The van der Waals surface area contributed by atoms with Crippen LogP contribution in [-0.2, 0) is 10.2 Å². The highest BCUT2D eigenvalue weighted by molar-refractivity contribution is 6.42. The number of hydrogen-bond donors (Lipinski definition) is 2. The number of fused-ring (bicyclic) bond motifs is 2. The van der Waals surface area contributed by atoms with Gasteiger partial charge in [0.05, 0.1) is 21.7 Å². The maximum absolute atomic E-state index is 12.5. The quantitative estimate of drug-likeness (QED) is 0.848. The average molecular weight is 323 g/mol. The molecule has 0 radical (unpaired) electrons. The van der Waals surface area contributed by atoms with Crippen molar-refractivity contribution in [2.45, 2.75) is 11.8 Å². The Morgan fingerprint density at radius 3 is 2.86 bits per heavy atom. The number of H-pyrrole nitrogens is 1. The van der Waals surface area contributed by atoms with Gasteiger partial charge in [0.15, 0.2) is 0 Å². The second kappa shape index (κ2) is 4.39. The molecule has 1 saturated heterocycles. The van der Waals surface area contributed by atoms with E-state index in [0.717, 1.165) is 30.0 Å². The molecule has 1 fully saturated rings. The fourth-order valence-electron chi connectivity index (χ4n) is 3.26. The van der Waals surface area contributed by atoms with Gasteiger partial charge in [0.25, 0.3) is 0 Å². The molecule has 1 aromatic heterocycles. The van der Waals surface area contributed by atoms with Crippen molar-refractivity contribution in [3.63, 3.8) is 0 Å². The molecule has 2 aromatic rings. The summed E-state index contributed by atoms with van der Waals surface area (Å²) in [6, 6.07) is 5.44. The maximum atomic E-state index is 12.5. The number of halogens is 2. The predicted octanol–water partition coefficient (Wildman–Crippen LogP) is 2.82. The van der Waals surface area contributed by atoms with Crippen molar-refractivity contribution in [1.29, 1.82) is 0 Å². The Morgan fingerprint density at radius 1 is 1.29 bits per heavy atom. The fourth-order valence-corrected chi connectivity index (χ4v) is 3.58. The van der Waals surface area contributed by atoms with Crippen molar-refractivity contribution < 1.29 is 4.79 Å². The summed E-state index contributed by atoms with van der Waals surface area (Å²) in [5.41, 5.74) is 1.14. The van der Waals surface area contributed by atoms with E-state index in [9.17, 15) is 4.79 Å². The second-order valence-corrected chi connectivity index (χ2v) is 6.28. The lowest BCUT2D eigenvalue weighted by atomic mass is 9.81. The van der Waals surface area contributed by atoms with E-state index in [1.54, 1.807) is 12.3 Å². The van der Waals surface area contributed by atoms with Gasteiger partial charge in [-0.15, -0.1) is 0 Å². The first-order chi connectivity index (χ1) is 10.1. The third-order valence-corrected chi connectivity index (χ3v) is 5.08. The molecule has 0 bridgehead atoms. The van der Waals surface area contributed by atoms with Gasteiger partial charge in [-0.2, -0.15) is 5.10 Å². The van der Waals surface area contributed by atoms with Crippen LogP contribution >= 0.6 is 23.2 Å². The minimum atomic E-state index is -0.561. The van der Waals surface area contributed by atoms with Crippen molar-refractivity contribution in [3.8, 4) is 0 Å². The number of aromatic amines is 1. The van der Waals surface area contributed by atoms with Gasteiger partial charge in [-0.25, -0.2) is 0 Å². The molecule has 3 heterocycles. The highest BCUT2D eigenvalue weighted by Crippen LogP contribution is 2.47. The Hall–Kier alpha value is -1.72. The lowest BCUT2D eigenvalue weighted by Crippen LogP contribution is -2.37. The summed E-state index contributed by atoms with van der Waals surface area (Å²) >= 11 is 12.2.